The van der Waals surface area contributed by atoms with Gasteiger partial charge in [-0.3, -0.25) is 9.71 Å². The predicted octanol–water partition coefficient (Wildman–Crippen LogP) is 3.47. The fourth-order valence-electron chi connectivity index (χ4n) is 2.67. The molecule has 0 bridgehead atoms. The quantitative estimate of drug-likeness (QED) is 0.549. The largest absolute Gasteiger partial charge is 0.417 e. The van der Waals surface area contributed by atoms with Crippen LogP contribution in [0.5, 0.6) is 0 Å². The first-order chi connectivity index (χ1) is 13.3. The number of H-pyrrole nitrogens is 1. The molecule has 9 heteroatoms. The van der Waals surface area contributed by atoms with Gasteiger partial charge in [0.15, 0.2) is 5.58 Å². The third-order valence-corrected chi connectivity index (χ3v) is 5.34. The first-order valence-corrected chi connectivity index (χ1v) is 9.35. The highest BCUT2D eigenvalue weighted by Gasteiger charge is 2.23. The number of halogens is 2. The van der Waals surface area contributed by atoms with Gasteiger partial charge in [0.05, 0.1) is 11.2 Å². The fraction of sp³-hybridized carbons (Fsp3) is 0. The van der Waals surface area contributed by atoms with Crippen molar-refractivity contribution in [3.05, 3.63) is 82.8 Å². The van der Waals surface area contributed by atoms with Crippen LogP contribution in [0.3, 0.4) is 0 Å². The number of aromatic amines is 1. The lowest BCUT2D eigenvalue weighted by molar-refractivity contribution is 0.548. The summed E-state index contributed by atoms with van der Waals surface area (Å²) in [5, 5.41) is 0. The SMILES string of the molecule is O=c1[nH]c2cc(F)c(S(=O)(=O)Nc3cc(-c4cc#ccc4)ccc3F)cc2o1. The second-order valence-electron chi connectivity index (χ2n) is 5.82. The van der Waals surface area contributed by atoms with Gasteiger partial charge in [0, 0.05) is 12.1 Å². The highest BCUT2D eigenvalue weighted by molar-refractivity contribution is 7.92. The van der Waals surface area contributed by atoms with E-state index in [0.717, 1.165) is 18.2 Å². The number of fused-ring (bicyclic) bond motifs is 1. The summed E-state index contributed by atoms with van der Waals surface area (Å²) in [6.45, 7) is 0. The third kappa shape index (κ3) is 3.21. The van der Waals surface area contributed by atoms with E-state index in [2.05, 4.69) is 17.1 Å². The molecule has 140 valence electrons. The Morgan fingerprint density at radius 3 is 2.57 bits per heavy atom. The molecule has 3 aromatic carbocycles. The summed E-state index contributed by atoms with van der Waals surface area (Å²) in [5.41, 5.74) is 0.696. The zero-order chi connectivity index (χ0) is 19.9. The van der Waals surface area contributed by atoms with E-state index >= 15 is 0 Å². The van der Waals surface area contributed by atoms with Crippen molar-refractivity contribution in [2.24, 2.45) is 0 Å². The van der Waals surface area contributed by atoms with Crippen LogP contribution in [-0.4, -0.2) is 13.4 Å². The number of benzene rings is 2. The Bertz CT molecular complexity index is 1350. The van der Waals surface area contributed by atoms with E-state index in [0.29, 0.717) is 11.1 Å². The van der Waals surface area contributed by atoms with Gasteiger partial charge in [0.25, 0.3) is 10.0 Å². The molecule has 4 aromatic rings. The molecule has 0 aliphatic rings. The molecule has 1 aromatic heterocycles. The van der Waals surface area contributed by atoms with Crippen molar-refractivity contribution in [1.29, 1.82) is 0 Å². The monoisotopic (exact) mass is 400 g/mol. The van der Waals surface area contributed by atoms with Crippen LogP contribution in [0.15, 0.2) is 62.6 Å². The number of aromatic nitrogens is 1. The van der Waals surface area contributed by atoms with Crippen LogP contribution in [0.2, 0.25) is 0 Å². The zero-order valence-corrected chi connectivity index (χ0v) is 14.7. The van der Waals surface area contributed by atoms with Gasteiger partial charge < -0.3 is 4.42 Å². The van der Waals surface area contributed by atoms with E-state index < -0.39 is 32.3 Å². The number of hydrogen-bond acceptors (Lipinski definition) is 4. The first kappa shape index (κ1) is 17.8. The van der Waals surface area contributed by atoms with Gasteiger partial charge in [0.1, 0.15) is 16.5 Å². The lowest BCUT2D eigenvalue weighted by Gasteiger charge is -2.11. The maximum atomic E-state index is 14.3. The maximum absolute atomic E-state index is 14.3. The van der Waals surface area contributed by atoms with Gasteiger partial charge >= 0.3 is 5.76 Å². The van der Waals surface area contributed by atoms with E-state index in [1.807, 2.05) is 4.72 Å². The molecule has 6 nitrogen and oxygen atoms in total. The summed E-state index contributed by atoms with van der Waals surface area (Å²) in [5.74, 6) is -2.82. The molecule has 0 amide bonds. The highest BCUT2D eigenvalue weighted by Crippen LogP contribution is 2.28. The molecule has 0 aliphatic carbocycles. The Balaban J connectivity index is 1.76. The normalized spacial score (nSPS) is 11.4. The zero-order valence-electron chi connectivity index (χ0n) is 13.9. The number of hydrogen-bond donors (Lipinski definition) is 2. The van der Waals surface area contributed by atoms with Crippen LogP contribution in [-0.2, 0) is 10.0 Å². The summed E-state index contributed by atoms with van der Waals surface area (Å²) in [4.78, 5) is 12.6. The highest BCUT2D eigenvalue weighted by atomic mass is 32.2. The van der Waals surface area contributed by atoms with Gasteiger partial charge in [0.2, 0.25) is 0 Å². The molecule has 0 aliphatic heterocycles. The first-order valence-electron chi connectivity index (χ1n) is 7.86. The average molecular weight is 400 g/mol. The summed E-state index contributed by atoms with van der Waals surface area (Å²) < 4.78 is 60.5. The second-order valence-corrected chi connectivity index (χ2v) is 7.47. The van der Waals surface area contributed by atoms with E-state index in [1.165, 1.54) is 12.1 Å². The summed E-state index contributed by atoms with van der Waals surface area (Å²) in [6, 6.07) is 15.9. The maximum Gasteiger partial charge on any atom is 0.417 e. The third-order valence-electron chi connectivity index (χ3n) is 3.96. The van der Waals surface area contributed by atoms with Crippen molar-refractivity contribution in [2.75, 3.05) is 4.72 Å². The van der Waals surface area contributed by atoms with Crippen LogP contribution in [0.4, 0.5) is 14.5 Å². The molecule has 0 fully saturated rings. The van der Waals surface area contributed by atoms with Gasteiger partial charge in [-0.1, -0.05) is 18.2 Å². The van der Waals surface area contributed by atoms with Gasteiger partial charge in [-0.25, -0.2) is 22.0 Å². The molecular formula is C19H10F2N2O4S. The molecule has 0 spiro atoms. The van der Waals surface area contributed by atoms with E-state index in [9.17, 15) is 22.0 Å². The van der Waals surface area contributed by atoms with Crippen molar-refractivity contribution < 1.29 is 21.6 Å². The van der Waals surface area contributed by atoms with Crippen molar-refractivity contribution in [1.82, 2.24) is 4.98 Å². The minimum Gasteiger partial charge on any atom is -0.408 e. The van der Waals surface area contributed by atoms with Crippen LogP contribution < -0.4 is 10.5 Å². The molecule has 1 heterocycles. The number of oxazole rings is 1. The molecule has 28 heavy (non-hydrogen) atoms. The smallest absolute Gasteiger partial charge is 0.408 e. The molecule has 0 atom stereocenters. The minimum absolute atomic E-state index is 0.00626. The molecular weight excluding hydrogens is 390 g/mol. The molecule has 2 N–H and O–H groups in total. The summed E-state index contributed by atoms with van der Waals surface area (Å²) in [6.07, 6.45) is 0. The Morgan fingerprint density at radius 2 is 1.82 bits per heavy atom. The van der Waals surface area contributed by atoms with E-state index in [4.69, 9.17) is 4.42 Å². The van der Waals surface area contributed by atoms with Gasteiger partial charge in [-0.15, -0.1) is 0 Å². The van der Waals surface area contributed by atoms with Gasteiger partial charge in [-0.2, -0.15) is 0 Å². The minimum atomic E-state index is -4.50. The number of anilines is 1. The van der Waals surface area contributed by atoms with Crippen LogP contribution in [0, 0.1) is 23.8 Å². The lowest BCUT2D eigenvalue weighted by Crippen LogP contribution is -2.15. The summed E-state index contributed by atoms with van der Waals surface area (Å²) in [7, 11) is -4.50. The molecule has 0 radical (unpaired) electrons. The van der Waals surface area contributed by atoms with Crippen LogP contribution in [0.1, 0.15) is 0 Å². The number of sulfonamides is 1. The Hall–Kier alpha value is -3.64. The van der Waals surface area contributed by atoms with Crippen LogP contribution in [0.25, 0.3) is 22.2 Å². The molecule has 0 unspecified atom stereocenters. The van der Waals surface area contributed by atoms with E-state index in [-0.39, 0.29) is 16.8 Å². The predicted molar refractivity (Wildman–Crippen MR) is 97.1 cm³/mol. The Morgan fingerprint density at radius 1 is 1.00 bits per heavy atom. The standard InChI is InChI=1S/C19H10F2N2O4S/c20-13-7-6-12(11-4-2-1-3-5-11)8-15(13)23-28(25,26)18-10-17-16(9-14(18)21)22-19(24)27-17/h2,4-10,23H,(H,22,24). The van der Waals surface area contributed by atoms with Crippen molar-refractivity contribution in [2.45, 2.75) is 4.90 Å². The molecule has 0 saturated carbocycles. The van der Waals surface area contributed by atoms with E-state index in [1.54, 1.807) is 18.2 Å². The lowest BCUT2D eigenvalue weighted by atomic mass is 10.1. The Labute approximate surface area is 157 Å². The average Bonchev–Trinajstić information content (AvgIpc) is 3.02. The van der Waals surface area contributed by atoms with Gasteiger partial charge in [-0.05, 0) is 41.5 Å². The molecule has 4 rings (SSSR count). The second kappa shape index (κ2) is 6.51. The Kier molecular flexibility index (Phi) is 4.13. The topological polar surface area (TPSA) is 92.2 Å². The summed E-state index contributed by atoms with van der Waals surface area (Å²) >= 11 is 0. The van der Waals surface area contributed by atoms with Crippen molar-refractivity contribution >= 4 is 26.8 Å². The van der Waals surface area contributed by atoms with Crippen molar-refractivity contribution in [3.8, 4) is 11.1 Å². The molecule has 0 saturated heterocycles. The van der Waals surface area contributed by atoms with Crippen molar-refractivity contribution in [3.63, 3.8) is 0 Å². The van der Waals surface area contributed by atoms with Crippen LogP contribution >= 0.6 is 0 Å². The fourth-order valence-corrected chi connectivity index (χ4v) is 3.80. The number of rotatable bonds is 4. The number of nitrogens with one attached hydrogen (secondary N) is 2.